The normalized spacial score (nSPS) is 25.8. The molecule has 2 rings (SSSR count). The molecule has 0 aliphatic carbocycles. The van der Waals surface area contributed by atoms with Gasteiger partial charge in [-0.25, -0.2) is 4.39 Å². The van der Waals surface area contributed by atoms with E-state index in [1.165, 1.54) is 6.07 Å². The van der Waals surface area contributed by atoms with Crippen LogP contribution in [0.3, 0.4) is 0 Å². The fourth-order valence-electron chi connectivity index (χ4n) is 2.31. The monoisotopic (exact) mass is 256 g/mol. The highest BCUT2D eigenvalue weighted by molar-refractivity contribution is 6.31. The first-order chi connectivity index (χ1) is 8.06. The van der Waals surface area contributed by atoms with E-state index in [-0.39, 0.29) is 10.8 Å². The molecule has 0 spiro atoms. The molecule has 4 heteroatoms. The van der Waals surface area contributed by atoms with Crippen LogP contribution < -0.4 is 10.2 Å². The zero-order chi connectivity index (χ0) is 12.4. The van der Waals surface area contributed by atoms with Crippen LogP contribution >= 0.6 is 11.6 Å². The van der Waals surface area contributed by atoms with Crippen molar-refractivity contribution in [2.45, 2.75) is 32.4 Å². The molecule has 1 fully saturated rings. The Kier molecular flexibility index (Phi) is 3.89. The highest BCUT2D eigenvalue weighted by atomic mass is 35.5. The molecule has 0 amide bonds. The fraction of sp³-hybridized carbons (Fsp3) is 0.538. The smallest absolute Gasteiger partial charge is 0.141 e. The third-order valence-electron chi connectivity index (χ3n) is 3.16. The second kappa shape index (κ2) is 5.23. The largest absolute Gasteiger partial charge is 0.370 e. The average Bonchev–Trinajstić information content (AvgIpc) is 2.43. The van der Waals surface area contributed by atoms with Crippen molar-refractivity contribution in [1.82, 2.24) is 5.32 Å². The fourth-order valence-corrected chi connectivity index (χ4v) is 2.48. The second-order valence-corrected chi connectivity index (χ2v) is 5.21. The van der Waals surface area contributed by atoms with Gasteiger partial charge in [0.2, 0.25) is 0 Å². The maximum Gasteiger partial charge on any atom is 0.141 e. The van der Waals surface area contributed by atoms with Crippen molar-refractivity contribution in [1.29, 1.82) is 0 Å². The molecule has 17 heavy (non-hydrogen) atoms. The molecule has 1 aliphatic rings. The molecule has 1 aromatic rings. The molecule has 1 aliphatic heterocycles. The summed E-state index contributed by atoms with van der Waals surface area (Å²) in [6.45, 7) is 6.25. The van der Waals surface area contributed by atoms with Crippen LogP contribution in [0.4, 0.5) is 10.1 Å². The van der Waals surface area contributed by atoms with Crippen molar-refractivity contribution in [3.63, 3.8) is 0 Å². The third kappa shape index (κ3) is 3.11. The van der Waals surface area contributed by atoms with Crippen molar-refractivity contribution in [2.75, 3.05) is 18.0 Å². The van der Waals surface area contributed by atoms with E-state index in [1.807, 2.05) is 0 Å². The number of hydrogen-bond acceptors (Lipinski definition) is 2. The molecular formula is C13H18ClFN2. The van der Waals surface area contributed by atoms with Crippen molar-refractivity contribution >= 4 is 17.3 Å². The summed E-state index contributed by atoms with van der Waals surface area (Å²) < 4.78 is 13.1. The first-order valence-corrected chi connectivity index (χ1v) is 6.40. The van der Waals surface area contributed by atoms with E-state index in [1.54, 1.807) is 12.1 Å². The molecule has 0 radical (unpaired) electrons. The van der Waals surface area contributed by atoms with Crippen molar-refractivity contribution in [2.24, 2.45) is 0 Å². The molecule has 94 valence electrons. The first kappa shape index (κ1) is 12.7. The molecule has 2 unspecified atom stereocenters. The number of halogens is 2. The quantitative estimate of drug-likeness (QED) is 0.831. The van der Waals surface area contributed by atoms with Gasteiger partial charge in [0.05, 0.1) is 5.02 Å². The van der Waals surface area contributed by atoms with E-state index < -0.39 is 0 Å². The number of nitrogens with one attached hydrogen (secondary N) is 1. The van der Waals surface area contributed by atoms with Crippen molar-refractivity contribution in [3.8, 4) is 0 Å². The van der Waals surface area contributed by atoms with E-state index in [4.69, 9.17) is 11.6 Å². The zero-order valence-electron chi connectivity index (χ0n) is 10.2. The minimum absolute atomic E-state index is 0.195. The molecule has 1 aromatic carbocycles. The topological polar surface area (TPSA) is 15.3 Å². The van der Waals surface area contributed by atoms with Crippen LogP contribution in [0.15, 0.2) is 18.2 Å². The molecule has 1 N–H and O–H groups in total. The molecule has 2 atom stereocenters. The van der Waals surface area contributed by atoms with Gasteiger partial charge in [-0.05, 0) is 38.5 Å². The maximum absolute atomic E-state index is 13.1. The van der Waals surface area contributed by atoms with Crippen LogP contribution in [0, 0.1) is 5.82 Å². The molecule has 1 saturated heterocycles. The van der Waals surface area contributed by atoms with Gasteiger partial charge >= 0.3 is 0 Å². The molecule has 0 aromatic heterocycles. The number of anilines is 1. The van der Waals surface area contributed by atoms with E-state index >= 15 is 0 Å². The van der Waals surface area contributed by atoms with Gasteiger partial charge in [0.25, 0.3) is 0 Å². The highest BCUT2D eigenvalue weighted by Crippen LogP contribution is 2.24. The Bertz CT molecular complexity index is 397. The lowest BCUT2D eigenvalue weighted by atomic mass is 10.2. The Hall–Kier alpha value is -0.800. The summed E-state index contributed by atoms with van der Waals surface area (Å²) in [7, 11) is 0. The Morgan fingerprint density at radius 1 is 1.35 bits per heavy atom. The summed E-state index contributed by atoms with van der Waals surface area (Å²) in [5.74, 6) is -0.357. The molecule has 0 saturated carbocycles. The minimum Gasteiger partial charge on any atom is -0.370 e. The first-order valence-electron chi connectivity index (χ1n) is 6.02. The van der Waals surface area contributed by atoms with Gasteiger partial charge in [0.1, 0.15) is 5.82 Å². The number of nitrogens with zero attached hydrogens (tertiary/aromatic N) is 1. The zero-order valence-corrected chi connectivity index (χ0v) is 11.0. The van der Waals surface area contributed by atoms with Crippen LogP contribution in [-0.2, 0) is 0 Å². The summed E-state index contributed by atoms with van der Waals surface area (Å²) in [6, 6.07) is 5.88. The maximum atomic E-state index is 13.1. The van der Waals surface area contributed by atoms with Crippen molar-refractivity contribution < 1.29 is 4.39 Å². The second-order valence-electron chi connectivity index (χ2n) is 4.80. The molecule has 1 heterocycles. The highest BCUT2D eigenvalue weighted by Gasteiger charge is 2.18. The Morgan fingerprint density at radius 2 is 2.12 bits per heavy atom. The minimum atomic E-state index is -0.357. The van der Waals surface area contributed by atoms with Crippen LogP contribution in [0.2, 0.25) is 5.02 Å². The van der Waals surface area contributed by atoms with Gasteiger partial charge in [-0.15, -0.1) is 0 Å². The molecule has 2 nitrogen and oxygen atoms in total. The van der Waals surface area contributed by atoms with Gasteiger partial charge in [-0.2, -0.15) is 0 Å². The molecular weight excluding hydrogens is 239 g/mol. The van der Waals surface area contributed by atoms with Crippen LogP contribution in [0.25, 0.3) is 0 Å². The summed E-state index contributed by atoms with van der Waals surface area (Å²) in [5.41, 5.74) is 0.999. The SMILES string of the molecule is CC1CCN(c2ccc(F)c(Cl)c2)CC(C)N1. The number of benzene rings is 1. The lowest BCUT2D eigenvalue weighted by Gasteiger charge is -2.25. The van der Waals surface area contributed by atoms with E-state index in [0.717, 1.165) is 25.2 Å². The summed E-state index contributed by atoms with van der Waals surface area (Å²) in [5, 5.41) is 3.71. The summed E-state index contributed by atoms with van der Waals surface area (Å²) >= 11 is 5.82. The van der Waals surface area contributed by atoms with Crippen LogP contribution in [-0.4, -0.2) is 25.2 Å². The van der Waals surface area contributed by atoms with Gasteiger partial charge in [0, 0.05) is 30.9 Å². The van der Waals surface area contributed by atoms with Gasteiger partial charge < -0.3 is 10.2 Å². The van der Waals surface area contributed by atoms with E-state index in [2.05, 4.69) is 24.1 Å². The predicted octanol–water partition coefficient (Wildman–Crippen LogP) is 3.06. The van der Waals surface area contributed by atoms with Crippen LogP contribution in [0.1, 0.15) is 20.3 Å². The molecule has 0 bridgehead atoms. The lowest BCUT2D eigenvalue weighted by Crippen LogP contribution is -2.37. The van der Waals surface area contributed by atoms with Crippen LogP contribution in [0.5, 0.6) is 0 Å². The van der Waals surface area contributed by atoms with E-state index in [0.29, 0.717) is 12.1 Å². The summed E-state index contributed by atoms with van der Waals surface area (Å²) in [4.78, 5) is 2.26. The standard InChI is InChI=1S/C13H18ClFN2/c1-9-5-6-17(8-10(2)16-9)11-3-4-13(15)12(14)7-11/h3-4,7,9-10,16H,5-6,8H2,1-2H3. The predicted molar refractivity (Wildman–Crippen MR) is 70.3 cm³/mol. The Labute approximate surface area is 107 Å². The van der Waals surface area contributed by atoms with Gasteiger partial charge in [-0.3, -0.25) is 0 Å². The summed E-state index contributed by atoms with van der Waals surface area (Å²) in [6.07, 6.45) is 1.08. The van der Waals surface area contributed by atoms with Gasteiger partial charge in [-0.1, -0.05) is 11.6 Å². The average molecular weight is 257 g/mol. The van der Waals surface area contributed by atoms with E-state index in [9.17, 15) is 4.39 Å². The number of rotatable bonds is 1. The lowest BCUT2D eigenvalue weighted by molar-refractivity contribution is 0.492. The number of hydrogen-bond donors (Lipinski definition) is 1. The third-order valence-corrected chi connectivity index (χ3v) is 3.45. The van der Waals surface area contributed by atoms with Crippen molar-refractivity contribution in [3.05, 3.63) is 29.0 Å². The van der Waals surface area contributed by atoms with Gasteiger partial charge in [0.15, 0.2) is 0 Å². The Balaban J connectivity index is 2.17. The Morgan fingerprint density at radius 3 is 2.82 bits per heavy atom.